The van der Waals surface area contributed by atoms with Crippen LogP contribution < -0.4 is 5.73 Å². The van der Waals surface area contributed by atoms with E-state index in [0.29, 0.717) is 0 Å². The summed E-state index contributed by atoms with van der Waals surface area (Å²) in [5, 5.41) is 0. The Bertz CT molecular complexity index is 247. The Kier molecular flexibility index (Phi) is 2.98. The number of amides is 1. The molecule has 1 spiro atoms. The van der Waals surface area contributed by atoms with Crippen molar-refractivity contribution in [1.29, 1.82) is 0 Å². The molecular weight excluding hydrogens is 192 g/mol. The van der Waals surface area contributed by atoms with Gasteiger partial charge in [0.05, 0.1) is 11.6 Å². The second-order valence-corrected chi connectivity index (χ2v) is 4.79. The molecule has 0 saturated carbocycles. The van der Waals surface area contributed by atoms with Gasteiger partial charge in [-0.25, -0.2) is 0 Å². The Morgan fingerprint density at radius 2 is 2.27 bits per heavy atom. The van der Waals surface area contributed by atoms with Crippen LogP contribution in [0.25, 0.3) is 0 Å². The fourth-order valence-electron chi connectivity index (χ4n) is 2.55. The average Bonchev–Trinajstić information content (AvgIpc) is 2.62. The third-order valence-corrected chi connectivity index (χ3v) is 3.45. The summed E-state index contributed by atoms with van der Waals surface area (Å²) >= 11 is 0. The van der Waals surface area contributed by atoms with Crippen LogP contribution in [-0.2, 0) is 9.53 Å². The van der Waals surface area contributed by atoms with E-state index >= 15 is 0 Å². The summed E-state index contributed by atoms with van der Waals surface area (Å²) < 4.78 is 5.85. The number of nitrogens with two attached hydrogens (primary N) is 1. The van der Waals surface area contributed by atoms with E-state index in [4.69, 9.17) is 10.5 Å². The van der Waals surface area contributed by atoms with E-state index < -0.39 is 0 Å². The molecule has 0 aromatic rings. The van der Waals surface area contributed by atoms with Crippen LogP contribution in [0.3, 0.4) is 0 Å². The summed E-state index contributed by atoms with van der Waals surface area (Å²) in [6, 6.07) is -0.385. The maximum absolute atomic E-state index is 11.7. The second-order valence-electron chi connectivity index (χ2n) is 4.79. The van der Waals surface area contributed by atoms with Gasteiger partial charge >= 0.3 is 0 Å². The maximum Gasteiger partial charge on any atom is 0.239 e. The minimum atomic E-state index is -0.385. The Balaban J connectivity index is 1.96. The minimum Gasteiger partial charge on any atom is -0.373 e. The average molecular weight is 212 g/mol. The SMILES string of the molecule is C[C@H](N)C(=O)N1CC[C@]2(CCCCO2)C1. The van der Waals surface area contributed by atoms with Crippen LogP contribution in [0.5, 0.6) is 0 Å². The molecule has 1 amide bonds. The molecule has 2 aliphatic heterocycles. The van der Waals surface area contributed by atoms with Gasteiger partial charge < -0.3 is 15.4 Å². The first-order valence-electron chi connectivity index (χ1n) is 5.81. The van der Waals surface area contributed by atoms with Gasteiger partial charge in [-0.15, -0.1) is 0 Å². The van der Waals surface area contributed by atoms with Crippen molar-refractivity contribution in [2.75, 3.05) is 19.7 Å². The predicted octanol–water partition coefficient (Wildman–Crippen LogP) is 0.505. The molecule has 0 unspecified atom stereocenters. The third-order valence-electron chi connectivity index (χ3n) is 3.45. The Labute approximate surface area is 90.8 Å². The fraction of sp³-hybridized carbons (Fsp3) is 0.909. The highest BCUT2D eigenvalue weighted by Crippen LogP contribution is 2.34. The van der Waals surface area contributed by atoms with Crippen LogP contribution in [0.15, 0.2) is 0 Å². The molecule has 2 N–H and O–H groups in total. The Morgan fingerprint density at radius 1 is 1.47 bits per heavy atom. The topological polar surface area (TPSA) is 55.6 Å². The molecule has 4 nitrogen and oxygen atoms in total. The maximum atomic E-state index is 11.7. The predicted molar refractivity (Wildman–Crippen MR) is 57.4 cm³/mol. The molecule has 0 bridgehead atoms. The summed E-state index contributed by atoms with van der Waals surface area (Å²) in [5.41, 5.74) is 5.56. The van der Waals surface area contributed by atoms with Gasteiger partial charge in [0.15, 0.2) is 0 Å². The van der Waals surface area contributed by atoms with E-state index in [1.54, 1.807) is 6.92 Å². The first kappa shape index (κ1) is 10.9. The van der Waals surface area contributed by atoms with Gasteiger partial charge in [-0.3, -0.25) is 4.79 Å². The Hall–Kier alpha value is -0.610. The molecule has 2 saturated heterocycles. The van der Waals surface area contributed by atoms with Crippen molar-refractivity contribution >= 4 is 5.91 Å². The molecule has 15 heavy (non-hydrogen) atoms. The van der Waals surface area contributed by atoms with Gasteiger partial charge in [0.25, 0.3) is 0 Å². The smallest absolute Gasteiger partial charge is 0.239 e. The van der Waals surface area contributed by atoms with Gasteiger partial charge in [-0.1, -0.05) is 0 Å². The number of hydrogen-bond acceptors (Lipinski definition) is 3. The number of rotatable bonds is 1. The van der Waals surface area contributed by atoms with Crippen LogP contribution in [0, 0.1) is 0 Å². The van der Waals surface area contributed by atoms with E-state index in [-0.39, 0.29) is 17.6 Å². The molecule has 2 aliphatic rings. The number of carbonyl (C=O) groups excluding carboxylic acids is 1. The molecule has 0 aromatic heterocycles. The molecule has 2 heterocycles. The molecule has 0 aromatic carbocycles. The van der Waals surface area contributed by atoms with E-state index in [0.717, 1.165) is 39.0 Å². The lowest BCUT2D eigenvalue weighted by atomic mass is 9.93. The lowest BCUT2D eigenvalue weighted by molar-refractivity contribution is -0.133. The zero-order chi connectivity index (χ0) is 10.9. The van der Waals surface area contributed by atoms with E-state index in [9.17, 15) is 4.79 Å². The van der Waals surface area contributed by atoms with Crippen molar-refractivity contribution in [1.82, 2.24) is 4.90 Å². The summed E-state index contributed by atoms with van der Waals surface area (Å²) in [6.45, 7) is 4.14. The zero-order valence-corrected chi connectivity index (χ0v) is 9.37. The second kappa shape index (κ2) is 4.10. The number of likely N-dealkylation sites (tertiary alicyclic amines) is 1. The van der Waals surface area contributed by atoms with Gasteiger partial charge in [-0.05, 0) is 32.6 Å². The van der Waals surface area contributed by atoms with E-state index in [1.807, 2.05) is 4.90 Å². The van der Waals surface area contributed by atoms with Crippen molar-refractivity contribution in [3.05, 3.63) is 0 Å². The van der Waals surface area contributed by atoms with Crippen molar-refractivity contribution < 1.29 is 9.53 Å². The molecule has 86 valence electrons. The normalized spacial score (nSPS) is 33.3. The van der Waals surface area contributed by atoms with Crippen LogP contribution in [-0.4, -0.2) is 42.1 Å². The zero-order valence-electron chi connectivity index (χ0n) is 9.37. The summed E-state index contributed by atoms with van der Waals surface area (Å²) in [6.07, 6.45) is 4.45. The van der Waals surface area contributed by atoms with Gasteiger partial charge in [0, 0.05) is 19.7 Å². The molecule has 0 aliphatic carbocycles. The Morgan fingerprint density at radius 3 is 2.87 bits per heavy atom. The van der Waals surface area contributed by atoms with Crippen LogP contribution in [0.1, 0.15) is 32.6 Å². The summed E-state index contributed by atoms with van der Waals surface area (Å²) in [7, 11) is 0. The fourth-order valence-corrected chi connectivity index (χ4v) is 2.55. The van der Waals surface area contributed by atoms with Crippen LogP contribution >= 0.6 is 0 Å². The van der Waals surface area contributed by atoms with Crippen molar-refractivity contribution in [3.8, 4) is 0 Å². The quantitative estimate of drug-likeness (QED) is 0.689. The summed E-state index contributed by atoms with van der Waals surface area (Å²) in [5.74, 6) is 0.0565. The van der Waals surface area contributed by atoms with Crippen LogP contribution in [0.2, 0.25) is 0 Å². The largest absolute Gasteiger partial charge is 0.373 e. The standard InChI is InChI=1S/C11H20N2O2/c1-9(12)10(14)13-6-5-11(8-13)4-2-3-7-15-11/h9H,2-8,12H2,1H3/t9-,11+/m0/s1. The molecular formula is C11H20N2O2. The molecule has 2 rings (SSSR count). The first-order valence-corrected chi connectivity index (χ1v) is 5.81. The number of ether oxygens (including phenoxy) is 1. The lowest BCUT2D eigenvalue weighted by Crippen LogP contribution is -2.45. The van der Waals surface area contributed by atoms with E-state index in [2.05, 4.69) is 0 Å². The van der Waals surface area contributed by atoms with Crippen LogP contribution in [0.4, 0.5) is 0 Å². The van der Waals surface area contributed by atoms with Crippen molar-refractivity contribution in [2.45, 2.75) is 44.2 Å². The highest BCUT2D eigenvalue weighted by atomic mass is 16.5. The minimum absolute atomic E-state index is 0.0389. The van der Waals surface area contributed by atoms with Gasteiger partial charge in [-0.2, -0.15) is 0 Å². The molecule has 4 heteroatoms. The number of carbonyl (C=O) groups is 1. The monoisotopic (exact) mass is 212 g/mol. The summed E-state index contributed by atoms with van der Waals surface area (Å²) in [4.78, 5) is 13.6. The lowest BCUT2D eigenvalue weighted by Gasteiger charge is -2.33. The van der Waals surface area contributed by atoms with Crippen molar-refractivity contribution in [2.24, 2.45) is 5.73 Å². The molecule has 2 atom stereocenters. The highest BCUT2D eigenvalue weighted by molar-refractivity contribution is 5.81. The molecule has 2 fully saturated rings. The van der Waals surface area contributed by atoms with Gasteiger partial charge in [0.2, 0.25) is 5.91 Å². The number of nitrogens with zero attached hydrogens (tertiary/aromatic N) is 1. The highest BCUT2D eigenvalue weighted by Gasteiger charge is 2.42. The third kappa shape index (κ3) is 2.16. The van der Waals surface area contributed by atoms with Gasteiger partial charge in [0.1, 0.15) is 0 Å². The molecule has 0 radical (unpaired) electrons. The van der Waals surface area contributed by atoms with Crippen molar-refractivity contribution in [3.63, 3.8) is 0 Å². The number of hydrogen-bond donors (Lipinski definition) is 1. The van der Waals surface area contributed by atoms with E-state index in [1.165, 1.54) is 6.42 Å². The first-order chi connectivity index (χ1) is 7.13.